The first-order valence-corrected chi connectivity index (χ1v) is 16.5. The molecule has 240 valence electrons. The highest BCUT2D eigenvalue weighted by molar-refractivity contribution is 7.98. The Morgan fingerprint density at radius 1 is 1.16 bits per heavy atom. The SMILES string of the molecule is CC(C)(C)C(O)=[SH]CCOP(=O)(OC[C@H]1O[C@@](C#N)(c2ccc3c(N)ncnn23)[C@H](O)[C@@H]1O)Oc1ccc(C(C)(C)C)cc1. The molecule has 3 heterocycles. The van der Waals surface area contributed by atoms with Crippen molar-refractivity contribution in [2.24, 2.45) is 5.41 Å². The van der Waals surface area contributed by atoms with E-state index in [-0.39, 0.29) is 34.3 Å². The number of nitrogens with zero attached hydrogens (tertiary/aromatic N) is 4. The monoisotopic (exact) mass is 649 g/mol. The molecule has 4 rings (SSSR count). The van der Waals surface area contributed by atoms with E-state index in [0.717, 1.165) is 5.56 Å². The van der Waals surface area contributed by atoms with Crippen molar-refractivity contribution in [1.82, 2.24) is 14.6 Å². The van der Waals surface area contributed by atoms with E-state index >= 15 is 0 Å². The Kier molecular flexibility index (Phi) is 9.95. The number of nitrogen functional groups attached to an aromatic ring is 1. The van der Waals surface area contributed by atoms with Crippen molar-refractivity contribution >= 4 is 35.6 Å². The fourth-order valence-electron chi connectivity index (χ4n) is 4.49. The van der Waals surface area contributed by atoms with Crippen LogP contribution in [0.1, 0.15) is 52.8 Å². The van der Waals surface area contributed by atoms with Gasteiger partial charge in [-0.1, -0.05) is 53.7 Å². The summed E-state index contributed by atoms with van der Waals surface area (Å²) < 4.78 is 38.1. The average Bonchev–Trinajstić information content (AvgIpc) is 3.50. The molecule has 1 saturated heterocycles. The molecule has 0 radical (unpaired) electrons. The van der Waals surface area contributed by atoms with Gasteiger partial charge in [-0.05, 0) is 35.2 Å². The molecule has 0 spiro atoms. The van der Waals surface area contributed by atoms with E-state index in [1.54, 1.807) is 18.2 Å². The summed E-state index contributed by atoms with van der Waals surface area (Å²) in [5.41, 5.74) is 4.82. The molecule has 2 aromatic heterocycles. The van der Waals surface area contributed by atoms with Gasteiger partial charge in [-0.3, -0.25) is 9.05 Å². The number of aromatic nitrogens is 3. The number of aliphatic hydroxyl groups is 3. The number of ether oxygens (including phenoxy) is 1. The van der Waals surface area contributed by atoms with E-state index in [9.17, 15) is 25.1 Å². The van der Waals surface area contributed by atoms with E-state index < -0.39 is 43.8 Å². The van der Waals surface area contributed by atoms with E-state index in [0.29, 0.717) is 22.6 Å². The van der Waals surface area contributed by atoms with Crippen molar-refractivity contribution < 1.29 is 38.2 Å². The molecule has 0 bridgehead atoms. The Balaban J connectivity index is 1.55. The summed E-state index contributed by atoms with van der Waals surface area (Å²) in [6, 6.07) is 12.0. The Morgan fingerprint density at radius 3 is 2.45 bits per heavy atom. The van der Waals surface area contributed by atoms with Gasteiger partial charge < -0.3 is 30.3 Å². The predicted molar refractivity (Wildman–Crippen MR) is 168 cm³/mol. The Hall–Kier alpha value is -2.86. The van der Waals surface area contributed by atoms with Gasteiger partial charge in [-0.15, -0.1) is 0 Å². The van der Waals surface area contributed by atoms with Crippen molar-refractivity contribution in [3.8, 4) is 11.8 Å². The molecule has 5 atom stereocenters. The summed E-state index contributed by atoms with van der Waals surface area (Å²) in [7, 11) is -4.35. The van der Waals surface area contributed by atoms with Crippen LogP contribution in [0.15, 0.2) is 42.7 Å². The fraction of sp³-hybridized carbons (Fsp3) is 0.517. The standard InChI is InChI=1S/C29H40N5O8PS/c1-27(2,3)18-7-9-19(10-8-18)42-43(38,39-13-14-44-26(37)28(4,5)6)40-15-21-23(35)24(36)29(16-30,41-21)22-12-11-20-25(31)32-17-33-34(20)22/h7-12,17,21,23-24,35-37,44H,13-15H2,1-6H3,(H2,31,32,33)/t21-,23-,24-,29+,43?/m1/s1. The lowest BCUT2D eigenvalue weighted by molar-refractivity contribution is -0.0639. The molecule has 13 nitrogen and oxygen atoms in total. The largest absolute Gasteiger partial charge is 0.530 e. The van der Waals surface area contributed by atoms with E-state index in [1.165, 1.54) is 16.9 Å². The van der Waals surface area contributed by atoms with Gasteiger partial charge in [0.1, 0.15) is 42.0 Å². The summed E-state index contributed by atoms with van der Waals surface area (Å²) in [6.07, 6.45) is -3.46. The zero-order chi connectivity index (χ0) is 32.5. The first-order chi connectivity index (χ1) is 20.5. The number of phosphoric ester groups is 1. The summed E-state index contributed by atoms with van der Waals surface area (Å²) >= 11 is 0.587. The second kappa shape index (κ2) is 12.9. The molecule has 1 aliphatic rings. The highest BCUT2D eigenvalue weighted by Crippen LogP contribution is 2.51. The van der Waals surface area contributed by atoms with Crippen LogP contribution in [0.2, 0.25) is 0 Å². The maximum Gasteiger partial charge on any atom is 0.530 e. The van der Waals surface area contributed by atoms with Crippen LogP contribution in [0.3, 0.4) is 0 Å². The van der Waals surface area contributed by atoms with Crippen LogP contribution in [0.4, 0.5) is 5.82 Å². The highest BCUT2D eigenvalue weighted by atomic mass is 32.1. The van der Waals surface area contributed by atoms with Crippen LogP contribution in [0.25, 0.3) is 5.52 Å². The smallest absolute Gasteiger partial charge is 0.404 e. The number of hydrogen-bond donors (Lipinski definition) is 5. The van der Waals surface area contributed by atoms with Crippen molar-refractivity contribution in [2.75, 3.05) is 24.7 Å². The lowest BCUT2D eigenvalue weighted by Gasteiger charge is -2.24. The third-order valence-corrected chi connectivity index (χ3v) is 9.87. The molecule has 5 N–H and O–H groups in total. The molecule has 0 saturated carbocycles. The summed E-state index contributed by atoms with van der Waals surface area (Å²) in [6.45, 7) is 11.1. The van der Waals surface area contributed by atoms with E-state index in [4.69, 9.17) is 24.0 Å². The molecule has 3 aromatic rings. The second-order valence-electron chi connectivity index (χ2n) is 12.5. The Morgan fingerprint density at radius 2 is 1.84 bits per heavy atom. The van der Waals surface area contributed by atoms with Crippen molar-refractivity contribution in [1.29, 1.82) is 5.26 Å². The molecular formula is C29H40N5O8PS. The number of hydrogen-bond acceptors (Lipinski definition) is 11. The van der Waals surface area contributed by atoms with Gasteiger partial charge in [0.05, 0.1) is 24.0 Å². The van der Waals surface area contributed by atoms with Crippen LogP contribution < -0.4 is 10.3 Å². The number of thiol groups is 1. The number of rotatable bonds is 10. The van der Waals surface area contributed by atoms with Crippen LogP contribution in [0.5, 0.6) is 5.75 Å². The van der Waals surface area contributed by atoms with Crippen LogP contribution in [0, 0.1) is 16.7 Å². The maximum absolute atomic E-state index is 13.9. The molecule has 1 fully saturated rings. The summed E-state index contributed by atoms with van der Waals surface area (Å²) in [5, 5.41) is 46.7. The molecule has 1 unspecified atom stereocenters. The Labute approximate surface area is 260 Å². The number of nitriles is 1. The highest BCUT2D eigenvalue weighted by Gasteiger charge is 2.58. The molecule has 0 aliphatic carbocycles. The lowest BCUT2D eigenvalue weighted by atomic mass is 9.87. The zero-order valence-electron chi connectivity index (χ0n) is 25.5. The van der Waals surface area contributed by atoms with Gasteiger partial charge in [0.2, 0.25) is 5.60 Å². The van der Waals surface area contributed by atoms with Gasteiger partial charge >= 0.3 is 7.82 Å². The van der Waals surface area contributed by atoms with E-state index in [1.807, 2.05) is 39.0 Å². The fourth-order valence-corrected chi connectivity index (χ4v) is 6.71. The first kappa shape index (κ1) is 34.0. The molecular weight excluding hydrogens is 609 g/mol. The van der Waals surface area contributed by atoms with Gasteiger partial charge in [-0.25, -0.2) is 14.1 Å². The second-order valence-corrected chi connectivity index (χ2v) is 15.3. The number of phosphoric acid groups is 1. The van der Waals surface area contributed by atoms with Gasteiger partial charge in [-0.2, -0.15) is 21.7 Å². The third-order valence-electron chi connectivity index (χ3n) is 7.09. The molecule has 15 heteroatoms. The minimum atomic E-state index is -4.35. The molecule has 44 heavy (non-hydrogen) atoms. The molecule has 1 aliphatic heterocycles. The van der Waals surface area contributed by atoms with Crippen LogP contribution in [-0.4, -0.2) is 72.2 Å². The summed E-state index contributed by atoms with van der Waals surface area (Å²) in [5.74, 6) is 0.665. The zero-order valence-corrected chi connectivity index (χ0v) is 27.3. The number of nitrogens with two attached hydrogens (primary N) is 1. The number of aliphatic hydroxyl groups excluding tert-OH is 3. The van der Waals surface area contributed by atoms with E-state index in [2.05, 4.69) is 30.9 Å². The minimum Gasteiger partial charge on any atom is -0.404 e. The Bertz CT molecular complexity index is 1590. The van der Waals surface area contributed by atoms with Crippen molar-refractivity contribution in [2.45, 2.75) is 70.9 Å². The quantitative estimate of drug-likeness (QED) is 0.0922. The van der Waals surface area contributed by atoms with Gasteiger partial charge in [0, 0.05) is 11.2 Å². The van der Waals surface area contributed by atoms with Gasteiger partial charge in [0.25, 0.3) is 0 Å². The number of benzene rings is 1. The topological polar surface area (TPSA) is 195 Å². The normalized spacial score (nSPS) is 24.5. The lowest BCUT2D eigenvalue weighted by Crippen LogP contribution is -2.41. The maximum atomic E-state index is 13.9. The summed E-state index contributed by atoms with van der Waals surface area (Å²) in [4.78, 5) is 3.92. The molecule has 1 aromatic carbocycles. The molecule has 0 amide bonds. The number of anilines is 1. The predicted octanol–water partition coefficient (Wildman–Crippen LogP) is 3.87. The third kappa shape index (κ3) is 7.17. The van der Waals surface area contributed by atoms with Crippen molar-refractivity contribution in [3.63, 3.8) is 0 Å². The average molecular weight is 650 g/mol. The van der Waals surface area contributed by atoms with Crippen molar-refractivity contribution in [3.05, 3.63) is 54.0 Å². The van der Waals surface area contributed by atoms with Crippen LogP contribution >= 0.6 is 19.2 Å². The minimum absolute atomic E-state index is 0.0881. The van der Waals surface area contributed by atoms with Crippen LogP contribution in [-0.2, 0) is 29.4 Å². The first-order valence-electron chi connectivity index (χ1n) is 14.0. The van der Waals surface area contributed by atoms with Gasteiger partial charge in [0.15, 0.2) is 5.82 Å². The number of fused-ring (bicyclic) bond motifs is 1.